The molecule has 250 valence electrons. The number of carbonyl (C=O) groups is 1. The molecule has 4 rings (SSSR count). The molecule has 0 fully saturated rings. The van der Waals surface area contributed by atoms with E-state index < -0.39 is 0 Å². The SMILES string of the molecule is CCC(C)CCCCCC(CCCC(C)CC)COC(=O)c1ccc(-c2nc(-c3ccccc3)nc(-c3ccc(C)cc3O)n2)cc1. The zero-order chi connectivity index (χ0) is 33.6. The highest BCUT2D eigenvalue weighted by atomic mass is 16.5. The first-order valence-corrected chi connectivity index (χ1v) is 17.7. The van der Waals surface area contributed by atoms with Crippen LogP contribution in [-0.4, -0.2) is 32.6 Å². The molecule has 6 nitrogen and oxygen atoms in total. The van der Waals surface area contributed by atoms with Crippen molar-refractivity contribution in [1.29, 1.82) is 0 Å². The van der Waals surface area contributed by atoms with Gasteiger partial charge in [-0.25, -0.2) is 19.7 Å². The first-order chi connectivity index (χ1) is 22.8. The molecule has 0 spiro atoms. The highest BCUT2D eigenvalue weighted by Crippen LogP contribution is 2.31. The summed E-state index contributed by atoms with van der Waals surface area (Å²) in [6.07, 6.45) is 12.1. The number of phenolic OH excluding ortho intramolecular Hbond substituents is 1. The summed E-state index contributed by atoms with van der Waals surface area (Å²) in [5.41, 5.74) is 3.58. The lowest BCUT2D eigenvalue weighted by Crippen LogP contribution is -2.15. The molecule has 1 heterocycles. The molecule has 3 atom stereocenters. The van der Waals surface area contributed by atoms with E-state index in [2.05, 4.69) is 27.7 Å². The molecule has 6 heteroatoms. The van der Waals surface area contributed by atoms with Gasteiger partial charge in [0.05, 0.1) is 17.7 Å². The predicted octanol–water partition coefficient (Wildman–Crippen LogP) is 10.9. The van der Waals surface area contributed by atoms with Crippen LogP contribution in [0, 0.1) is 24.7 Å². The lowest BCUT2D eigenvalue weighted by atomic mass is 9.92. The van der Waals surface area contributed by atoms with Crippen LogP contribution in [0.3, 0.4) is 0 Å². The van der Waals surface area contributed by atoms with Crippen molar-refractivity contribution in [1.82, 2.24) is 15.0 Å². The number of unbranched alkanes of at least 4 members (excludes halogenated alkanes) is 2. The average Bonchev–Trinajstić information content (AvgIpc) is 3.09. The number of nitrogens with zero attached hydrogens (tertiary/aromatic N) is 3. The molecular weight excluding hydrogens is 582 g/mol. The number of hydrogen-bond donors (Lipinski definition) is 1. The maximum Gasteiger partial charge on any atom is 0.338 e. The molecule has 0 saturated heterocycles. The van der Waals surface area contributed by atoms with Gasteiger partial charge in [0, 0.05) is 11.1 Å². The van der Waals surface area contributed by atoms with Crippen LogP contribution >= 0.6 is 0 Å². The van der Waals surface area contributed by atoms with Crippen LogP contribution in [0.25, 0.3) is 34.2 Å². The molecule has 4 aromatic rings. The van der Waals surface area contributed by atoms with Crippen molar-refractivity contribution < 1.29 is 14.6 Å². The third-order valence-electron chi connectivity index (χ3n) is 9.40. The first kappa shape index (κ1) is 35.8. The van der Waals surface area contributed by atoms with Gasteiger partial charge in [-0.15, -0.1) is 0 Å². The van der Waals surface area contributed by atoms with Gasteiger partial charge >= 0.3 is 5.97 Å². The van der Waals surface area contributed by atoms with E-state index in [9.17, 15) is 9.90 Å². The number of aromatic nitrogens is 3. The van der Waals surface area contributed by atoms with Crippen LogP contribution in [0.15, 0.2) is 72.8 Å². The minimum atomic E-state index is -0.300. The second-order valence-electron chi connectivity index (χ2n) is 13.3. The number of carbonyl (C=O) groups excluding carboxylic acids is 1. The molecule has 1 aromatic heterocycles. The number of aromatic hydroxyl groups is 1. The van der Waals surface area contributed by atoms with E-state index >= 15 is 0 Å². The van der Waals surface area contributed by atoms with Gasteiger partial charge in [-0.2, -0.15) is 0 Å². The Morgan fingerprint density at radius 1 is 0.702 bits per heavy atom. The lowest BCUT2D eigenvalue weighted by Gasteiger charge is -2.18. The maximum atomic E-state index is 13.2. The van der Waals surface area contributed by atoms with Gasteiger partial charge in [0.15, 0.2) is 17.5 Å². The van der Waals surface area contributed by atoms with Crippen molar-refractivity contribution in [3.8, 4) is 39.9 Å². The van der Waals surface area contributed by atoms with E-state index in [1.165, 1.54) is 51.4 Å². The Kier molecular flexibility index (Phi) is 14.0. The Balaban J connectivity index is 1.46. The number of rotatable bonds is 18. The second-order valence-corrected chi connectivity index (χ2v) is 13.3. The van der Waals surface area contributed by atoms with Gasteiger partial charge in [0.1, 0.15) is 5.75 Å². The first-order valence-electron chi connectivity index (χ1n) is 17.7. The minimum absolute atomic E-state index is 0.114. The number of phenols is 1. The van der Waals surface area contributed by atoms with Crippen molar-refractivity contribution in [2.45, 2.75) is 98.8 Å². The Labute approximate surface area is 282 Å². The van der Waals surface area contributed by atoms with Crippen molar-refractivity contribution >= 4 is 5.97 Å². The summed E-state index contributed by atoms with van der Waals surface area (Å²) in [5.74, 6) is 3.09. The van der Waals surface area contributed by atoms with Gasteiger partial charge < -0.3 is 9.84 Å². The van der Waals surface area contributed by atoms with Crippen molar-refractivity contribution in [2.24, 2.45) is 17.8 Å². The Morgan fingerprint density at radius 2 is 1.28 bits per heavy atom. The smallest absolute Gasteiger partial charge is 0.338 e. The van der Waals surface area contributed by atoms with E-state index in [1.54, 1.807) is 18.2 Å². The fraction of sp³-hybridized carbons (Fsp3) is 0.463. The molecule has 0 aliphatic rings. The number of benzene rings is 3. The van der Waals surface area contributed by atoms with Crippen LogP contribution < -0.4 is 0 Å². The summed E-state index contributed by atoms with van der Waals surface area (Å²) in [4.78, 5) is 27.4. The summed E-state index contributed by atoms with van der Waals surface area (Å²) in [5, 5.41) is 10.7. The average molecular weight is 636 g/mol. The molecule has 0 bridgehead atoms. The standard InChI is InChI=1S/C41H53N3O3/c1-6-29(3)15-10-8-11-17-32(18-14-16-30(4)7-2)28-47-41(46)35-24-22-34(23-25-35)39-42-38(33-19-12-9-13-20-33)43-40(44-39)36-26-21-31(5)27-37(36)45/h9,12-13,19-27,29-30,32,45H,6-8,10-11,14-18,28H2,1-5H3. The van der Waals surface area contributed by atoms with Gasteiger partial charge in [-0.1, -0.05) is 128 Å². The van der Waals surface area contributed by atoms with Crippen LogP contribution in [0.2, 0.25) is 0 Å². The Morgan fingerprint density at radius 3 is 1.91 bits per heavy atom. The number of hydrogen-bond acceptors (Lipinski definition) is 6. The highest BCUT2D eigenvalue weighted by molar-refractivity contribution is 5.90. The monoisotopic (exact) mass is 635 g/mol. The van der Waals surface area contributed by atoms with Crippen molar-refractivity contribution in [3.05, 3.63) is 83.9 Å². The van der Waals surface area contributed by atoms with Crippen LogP contribution in [0.4, 0.5) is 0 Å². The quantitative estimate of drug-likeness (QED) is 0.0865. The maximum absolute atomic E-state index is 13.2. The summed E-state index contributed by atoms with van der Waals surface area (Å²) in [7, 11) is 0. The summed E-state index contributed by atoms with van der Waals surface area (Å²) >= 11 is 0. The van der Waals surface area contributed by atoms with Crippen molar-refractivity contribution in [2.75, 3.05) is 6.61 Å². The molecule has 1 N–H and O–H groups in total. The molecule has 3 unspecified atom stereocenters. The molecule has 3 aromatic carbocycles. The molecule has 0 amide bonds. The minimum Gasteiger partial charge on any atom is -0.507 e. The van der Waals surface area contributed by atoms with E-state index in [4.69, 9.17) is 19.7 Å². The van der Waals surface area contributed by atoms with E-state index in [1.807, 2.05) is 61.5 Å². The van der Waals surface area contributed by atoms with Crippen LogP contribution in [0.5, 0.6) is 5.75 Å². The van der Waals surface area contributed by atoms with Crippen LogP contribution in [0.1, 0.15) is 108 Å². The summed E-state index contributed by atoms with van der Waals surface area (Å²) in [6.45, 7) is 11.6. The molecular formula is C41H53N3O3. The highest BCUT2D eigenvalue weighted by Gasteiger charge is 2.17. The number of ether oxygens (including phenoxy) is 1. The van der Waals surface area contributed by atoms with Gasteiger partial charge in [-0.3, -0.25) is 0 Å². The topological polar surface area (TPSA) is 85.2 Å². The Hall–Kier alpha value is -4.06. The van der Waals surface area contributed by atoms with E-state index in [0.29, 0.717) is 41.1 Å². The van der Waals surface area contributed by atoms with Crippen molar-refractivity contribution in [3.63, 3.8) is 0 Å². The van der Waals surface area contributed by atoms with E-state index in [0.717, 1.165) is 41.4 Å². The van der Waals surface area contributed by atoms with Gasteiger partial charge in [-0.05, 0) is 67.3 Å². The largest absolute Gasteiger partial charge is 0.507 e. The second kappa shape index (κ2) is 18.3. The number of esters is 1. The Bertz CT molecular complexity index is 1540. The summed E-state index contributed by atoms with van der Waals surface area (Å²) in [6, 6.07) is 22.4. The zero-order valence-electron chi connectivity index (χ0n) is 29.0. The predicted molar refractivity (Wildman–Crippen MR) is 192 cm³/mol. The molecule has 0 aliphatic carbocycles. The number of aryl methyl sites for hydroxylation is 1. The third kappa shape index (κ3) is 11.0. The molecule has 0 radical (unpaired) electrons. The van der Waals surface area contributed by atoms with Gasteiger partial charge in [0.25, 0.3) is 0 Å². The van der Waals surface area contributed by atoms with Crippen LogP contribution in [-0.2, 0) is 4.74 Å². The fourth-order valence-electron chi connectivity index (χ4n) is 5.78. The van der Waals surface area contributed by atoms with E-state index in [-0.39, 0.29) is 11.7 Å². The summed E-state index contributed by atoms with van der Waals surface area (Å²) < 4.78 is 5.90. The zero-order valence-corrected chi connectivity index (χ0v) is 29.0. The normalized spacial score (nSPS) is 13.2. The molecule has 0 aliphatic heterocycles. The third-order valence-corrected chi connectivity index (χ3v) is 9.40. The molecule has 47 heavy (non-hydrogen) atoms. The van der Waals surface area contributed by atoms with Gasteiger partial charge in [0.2, 0.25) is 0 Å². The molecule has 0 saturated carbocycles. The fourth-order valence-corrected chi connectivity index (χ4v) is 5.78. The lowest BCUT2D eigenvalue weighted by molar-refractivity contribution is 0.0421.